The molecule has 0 aromatic rings. The molecule has 4 nitrogen and oxygen atoms in total. The van der Waals surface area contributed by atoms with Gasteiger partial charge in [-0.15, -0.1) is 0 Å². The lowest BCUT2D eigenvalue weighted by atomic mass is 10.1. The van der Waals surface area contributed by atoms with E-state index in [2.05, 4.69) is 4.89 Å². The van der Waals surface area contributed by atoms with Crippen LogP contribution in [0.3, 0.4) is 0 Å². The molecular weight excluding hydrogens is 136 g/mol. The van der Waals surface area contributed by atoms with Gasteiger partial charge in [0.05, 0.1) is 0 Å². The molecule has 60 valence electrons. The van der Waals surface area contributed by atoms with Crippen molar-refractivity contribution < 1.29 is 19.6 Å². The normalized spacial score (nSPS) is 41.7. The van der Waals surface area contributed by atoms with Crippen molar-refractivity contribution in [3.63, 3.8) is 0 Å². The van der Waals surface area contributed by atoms with Crippen LogP contribution >= 0.6 is 0 Å². The Balaban J connectivity index is 2.38. The summed E-state index contributed by atoms with van der Waals surface area (Å²) in [6.45, 7) is 1.76. The second-order valence-corrected chi connectivity index (χ2v) is 2.51. The molecule has 1 saturated heterocycles. The summed E-state index contributed by atoms with van der Waals surface area (Å²) >= 11 is 0. The molecule has 0 amide bonds. The first-order valence-electron chi connectivity index (χ1n) is 3.24. The van der Waals surface area contributed by atoms with Crippen LogP contribution in [0.2, 0.25) is 0 Å². The van der Waals surface area contributed by atoms with Gasteiger partial charge in [0.1, 0.15) is 0 Å². The number of hydrogen-bond acceptors (Lipinski definition) is 4. The maximum absolute atomic E-state index is 8.83. The van der Waals surface area contributed by atoms with Crippen LogP contribution in [0.25, 0.3) is 0 Å². The number of aliphatic hydroxyl groups excluding tert-OH is 1. The van der Waals surface area contributed by atoms with Crippen molar-refractivity contribution in [3.8, 4) is 0 Å². The van der Waals surface area contributed by atoms with Crippen LogP contribution in [0.5, 0.6) is 0 Å². The van der Waals surface area contributed by atoms with Crippen molar-refractivity contribution in [3.05, 3.63) is 0 Å². The maximum Gasteiger partial charge on any atom is 0.198 e. The van der Waals surface area contributed by atoms with Gasteiger partial charge < -0.3 is 9.84 Å². The Labute approximate surface area is 59.6 Å². The molecule has 4 heteroatoms. The Bertz CT molecular complexity index is 106. The third-order valence-corrected chi connectivity index (χ3v) is 1.61. The van der Waals surface area contributed by atoms with Gasteiger partial charge >= 0.3 is 0 Å². The maximum atomic E-state index is 8.83. The van der Waals surface area contributed by atoms with E-state index in [0.29, 0.717) is 12.8 Å². The van der Waals surface area contributed by atoms with Gasteiger partial charge in [0.15, 0.2) is 12.1 Å². The van der Waals surface area contributed by atoms with E-state index in [0.717, 1.165) is 0 Å². The molecule has 0 aromatic heterocycles. The summed E-state index contributed by atoms with van der Waals surface area (Å²) in [5.41, 5.74) is 0. The highest BCUT2D eigenvalue weighted by molar-refractivity contribution is 4.64. The zero-order chi connectivity index (χ0) is 7.61. The zero-order valence-corrected chi connectivity index (χ0v) is 6.16. The van der Waals surface area contributed by atoms with E-state index in [4.69, 9.17) is 14.7 Å². The fourth-order valence-corrected chi connectivity index (χ4v) is 0.769. The van der Waals surface area contributed by atoms with Crippen LogP contribution < -0.4 is 0 Å². The molecule has 0 saturated carbocycles. The van der Waals surface area contributed by atoms with E-state index in [1.807, 2.05) is 0 Å². The van der Waals surface area contributed by atoms with Gasteiger partial charge in [-0.3, -0.25) is 0 Å². The van der Waals surface area contributed by atoms with Gasteiger partial charge in [0.25, 0.3) is 0 Å². The predicted octanol–water partition coefficient (Wildman–Crippen LogP) is 0.409. The lowest BCUT2D eigenvalue weighted by molar-refractivity contribution is -0.485. The zero-order valence-electron chi connectivity index (χ0n) is 6.16. The second-order valence-electron chi connectivity index (χ2n) is 2.51. The Hall–Kier alpha value is -0.160. The summed E-state index contributed by atoms with van der Waals surface area (Å²) < 4.78 is 4.97. The smallest absolute Gasteiger partial charge is 0.198 e. The van der Waals surface area contributed by atoms with E-state index in [-0.39, 0.29) is 0 Å². The van der Waals surface area contributed by atoms with Crippen LogP contribution in [0.1, 0.15) is 19.8 Å². The molecule has 1 rings (SSSR count). The van der Waals surface area contributed by atoms with Crippen molar-refractivity contribution in [2.24, 2.45) is 0 Å². The molecule has 0 unspecified atom stereocenters. The third-order valence-electron chi connectivity index (χ3n) is 1.61. The fourth-order valence-electron chi connectivity index (χ4n) is 0.769. The Morgan fingerprint density at radius 3 is 2.80 bits per heavy atom. The number of aliphatic hydroxyl groups is 1. The van der Waals surface area contributed by atoms with Gasteiger partial charge in [0, 0.05) is 20.0 Å². The van der Waals surface area contributed by atoms with Crippen molar-refractivity contribution in [1.29, 1.82) is 0 Å². The lowest BCUT2D eigenvalue weighted by Crippen LogP contribution is -2.38. The number of methoxy groups -OCH3 is 1. The lowest BCUT2D eigenvalue weighted by Gasteiger charge is -2.32. The van der Waals surface area contributed by atoms with Crippen LogP contribution in [0, 0.1) is 0 Å². The number of ether oxygens (including phenoxy) is 1. The number of rotatable bonds is 1. The van der Waals surface area contributed by atoms with E-state index in [9.17, 15) is 0 Å². The van der Waals surface area contributed by atoms with Crippen molar-refractivity contribution in [2.45, 2.75) is 31.8 Å². The predicted molar refractivity (Wildman–Crippen MR) is 32.8 cm³/mol. The third kappa shape index (κ3) is 1.67. The molecule has 0 radical (unpaired) electrons. The largest absolute Gasteiger partial charge is 0.366 e. The van der Waals surface area contributed by atoms with Gasteiger partial charge in [0.2, 0.25) is 0 Å². The summed E-state index contributed by atoms with van der Waals surface area (Å²) in [7, 11) is 1.54. The van der Waals surface area contributed by atoms with Crippen LogP contribution in [-0.4, -0.2) is 24.3 Å². The quantitative estimate of drug-likeness (QED) is 0.547. The minimum absolute atomic E-state index is 0.546. The van der Waals surface area contributed by atoms with E-state index in [1.165, 1.54) is 0 Å². The van der Waals surface area contributed by atoms with Gasteiger partial charge in [-0.1, -0.05) is 0 Å². The summed E-state index contributed by atoms with van der Waals surface area (Å²) in [6, 6.07) is 0. The molecule has 0 aromatic carbocycles. The molecule has 1 aliphatic heterocycles. The molecule has 1 fully saturated rings. The Kier molecular flexibility index (Phi) is 2.25. The molecule has 1 N–H and O–H groups in total. The monoisotopic (exact) mass is 148 g/mol. The molecule has 2 atom stereocenters. The number of hydrogen-bond donors (Lipinski definition) is 1. The molecule has 0 bridgehead atoms. The standard InChI is InChI=1S/C6H12O4/c1-6(8-2)4-3-5(7)9-10-6/h5,7H,3-4H2,1-2H3/t5-,6-/m1/s1. The minimum atomic E-state index is -0.803. The Morgan fingerprint density at radius 1 is 1.70 bits per heavy atom. The van der Waals surface area contributed by atoms with E-state index in [1.54, 1.807) is 14.0 Å². The first-order chi connectivity index (χ1) is 4.66. The molecule has 0 aliphatic carbocycles. The molecule has 1 heterocycles. The molecule has 0 spiro atoms. The fraction of sp³-hybridized carbons (Fsp3) is 1.00. The average molecular weight is 148 g/mol. The summed E-state index contributed by atoms with van der Waals surface area (Å²) in [4.78, 5) is 9.27. The summed E-state index contributed by atoms with van der Waals surface area (Å²) in [6.07, 6.45) is 0.387. The summed E-state index contributed by atoms with van der Waals surface area (Å²) in [5, 5.41) is 8.83. The van der Waals surface area contributed by atoms with Crippen molar-refractivity contribution >= 4 is 0 Å². The highest BCUT2D eigenvalue weighted by Crippen LogP contribution is 2.25. The van der Waals surface area contributed by atoms with Gasteiger partial charge in [-0.25, -0.2) is 4.89 Å². The van der Waals surface area contributed by atoms with Crippen LogP contribution in [0.15, 0.2) is 0 Å². The first kappa shape index (κ1) is 7.94. The van der Waals surface area contributed by atoms with Crippen LogP contribution in [0.4, 0.5) is 0 Å². The van der Waals surface area contributed by atoms with Gasteiger partial charge in [-0.2, -0.15) is 4.89 Å². The highest BCUT2D eigenvalue weighted by Gasteiger charge is 2.32. The first-order valence-corrected chi connectivity index (χ1v) is 3.24. The van der Waals surface area contributed by atoms with Crippen LogP contribution in [-0.2, 0) is 14.5 Å². The van der Waals surface area contributed by atoms with Gasteiger partial charge in [-0.05, 0) is 6.92 Å². The topological polar surface area (TPSA) is 47.9 Å². The summed E-state index contributed by atoms with van der Waals surface area (Å²) in [5.74, 6) is -0.681. The van der Waals surface area contributed by atoms with E-state index >= 15 is 0 Å². The highest BCUT2D eigenvalue weighted by atomic mass is 17.2. The van der Waals surface area contributed by atoms with E-state index < -0.39 is 12.1 Å². The molecular formula is C6H12O4. The SMILES string of the molecule is CO[C@@]1(C)CC[C@H](O)OO1. The second kappa shape index (κ2) is 2.84. The molecule has 10 heavy (non-hydrogen) atoms. The van der Waals surface area contributed by atoms with Crippen molar-refractivity contribution in [1.82, 2.24) is 0 Å². The Morgan fingerprint density at radius 2 is 2.40 bits per heavy atom. The molecule has 1 aliphatic rings. The average Bonchev–Trinajstić information content (AvgIpc) is 1.96. The minimum Gasteiger partial charge on any atom is -0.366 e. The van der Waals surface area contributed by atoms with Crippen molar-refractivity contribution in [2.75, 3.05) is 7.11 Å².